The molecule has 4 rings (SSSR count). The number of aromatic nitrogens is 2. The lowest BCUT2D eigenvalue weighted by Gasteiger charge is -2.34. The van der Waals surface area contributed by atoms with Gasteiger partial charge in [-0.05, 0) is 43.8 Å². The summed E-state index contributed by atoms with van der Waals surface area (Å²) in [7, 11) is 5.49. The molecule has 2 aromatic carbocycles. The molecule has 0 bridgehead atoms. The van der Waals surface area contributed by atoms with Crippen LogP contribution in [0.4, 0.5) is 5.69 Å². The molecule has 2 heterocycles. The second kappa shape index (κ2) is 7.12. The highest BCUT2D eigenvalue weighted by Gasteiger charge is 2.18. The Bertz CT molecular complexity index is 958. The van der Waals surface area contributed by atoms with Gasteiger partial charge >= 0.3 is 0 Å². The van der Waals surface area contributed by atoms with Crippen molar-refractivity contribution in [3.05, 3.63) is 35.9 Å². The van der Waals surface area contributed by atoms with Crippen LogP contribution in [0.25, 0.3) is 22.4 Å². The maximum absolute atomic E-state index is 5.54. The van der Waals surface area contributed by atoms with Gasteiger partial charge in [0.1, 0.15) is 17.3 Å². The van der Waals surface area contributed by atoms with Crippen LogP contribution < -0.4 is 14.4 Å². The molecular formula is C21H26N4O2. The van der Waals surface area contributed by atoms with Crippen LogP contribution in [0.3, 0.4) is 0 Å². The number of benzene rings is 2. The molecule has 1 aliphatic rings. The third kappa shape index (κ3) is 3.32. The van der Waals surface area contributed by atoms with Crippen LogP contribution in [0, 0.1) is 6.92 Å². The quantitative estimate of drug-likeness (QED) is 0.768. The molecule has 142 valence electrons. The number of nitrogens with zero attached hydrogens (tertiary/aromatic N) is 3. The van der Waals surface area contributed by atoms with Crippen molar-refractivity contribution in [3.63, 3.8) is 0 Å². The summed E-state index contributed by atoms with van der Waals surface area (Å²) < 4.78 is 10.8. The number of nitrogens with one attached hydrogen (secondary N) is 1. The molecule has 0 spiro atoms. The van der Waals surface area contributed by atoms with Gasteiger partial charge in [0.15, 0.2) is 0 Å². The van der Waals surface area contributed by atoms with Crippen molar-refractivity contribution >= 4 is 16.7 Å². The fourth-order valence-corrected chi connectivity index (χ4v) is 3.64. The van der Waals surface area contributed by atoms with Crippen molar-refractivity contribution < 1.29 is 9.47 Å². The maximum Gasteiger partial charge on any atom is 0.142 e. The first-order valence-corrected chi connectivity index (χ1v) is 9.25. The molecule has 1 fully saturated rings. The van der Waals surface area contributed by atoms with Gasteiger partial charge in [-0.15, -0.1) is 0 Å². The third-order valence-corrected chi connectivity index (χ3v) is 5.29. The second-order valence-electron chi connectivity index (χ2n) is 7.10. The minimum Gasteiger partial charge on any atom is -0.497 e. The summed E-state index contributed by atoms with van der Waals surface area (Å²) in [5.41, 5.74) is 5.41. The Labute approximate surface area is 159 Å². The Balaban J connectivity index is 1.73. The predicted molar refractivity (Wildman–Crippen MR) is 109 cm³/mol. The minimum absolute atomic E-state index is 0.741. The molecule has 1 aromatic heterocycles. The summed E-state index contributed by atoms with van der Waals surface area (Å²) >= 11 is 0. The number of H-pyrrole nitrogens is 1. The van der Waals surface area contributed by atoms with E-state index in [4.69, 9.17) is 14.5 Å². The van der Waals surface area contributed by atoms with Gasteiger partial charge in [0.05, 0.1) is 30.8 Å². The van der Waals surface area contributed by atoms with E-state index >= 15 is 0 Å². The first-order chi connectivity index (χ1) is 13.1. The predicted octanol–water partition coefficient (Wildman–Crippen LogP) is 3.31. The average Bonchev–Trinajstić information content (AvgIpc) is 3.12. The van der Waals surface area contributed by atoms with Crippen molar-refractivity contribution in [1.29, 1.82) is 0 Å². The van der Waals surface area contributed by atoms with Crippen LogP contribution in [0.1, 0.15) is 5.56 Å². The number of anilines is 1. The van der Waals surface area contributed by atoms with Crippen LogP contribution in [0.15, 0.2) is 30.3 Å². The first-order valence-electron chi connectivity index (χ1n) is 9.25. The standard InChI is InChI=1S/C21H26N4O2/c1-14-11-15(25-9-7-24(2)8-10-25)12-18-20(14)23-21(22-18)17-6-5-16(26-3)13-19(17)27-4/h5-6,11-13H,7-10H2,1-4H3,(H,22,23). The number of imidazole rings is 1. The van der Waals surface area contributed by atoms with Crippen molar-refractivity contribution in [2.75, 3.05) is 52.3 Å². The van der Waals surface area contributed by atoms with Crippen molar-refractivity contribution in [2.45, 2.75) is 6.92 Å². The van der Waals surface area contributed by atoms with E-state index in [0.717, 1.165) is 60.1 Å². The summed E-state index contributed by atoms with van der Waals surface area (Å²) in [6, 6.07) is 10.2. The molecule has 0 unspecified atom stereocenters. The van der Waals surface area contributed by atoms with Crippen LogP contribution in [0.5, 0.6) is 11.5 Å². The zero-order valence-corrected chi connectivity index (χ0v) is 16.4. The van der Waals surface area contributed by atoms with Gasteiger partial charge in [0.25, 0.3) is 0 Å². The van der Waals surface area contributed by atoms with E-state index < -0.39 is 0 Å². The van der Waals surface area contributed by atoms with Gasteiger partial charge in [0, 0.05) is 37.9 Å². The van der Waals surface area contributed by atoms with Gasteiger partial charge in [-0.2, -0.15) is 0 Å². The summed E-state index contributed by atoms with van der Waals surface area (Å²) in [6.45, 7) is 6.41. The molecule has 6 nitrogen and oxygen atoms in total. The summed E-state index contributed by atoms with van der Waals surface area (Å²) in [5.74, 6) is 2.31. The van der Waals surface area contributed by atoms with Gasteiger partial charge in [0.2, 0.25) is 0 Å². The molecule has 0 aliphatic carbocycles. The SMILES string of the molecule is COc1ccc(-c2nc3c(C)cc(N4CCN(C)CC4)cc3[nH]2)c(OC)c1. The molecule has 0 saturated carbocycles. The van der Waals surface area contributed by atoms with Gasteiger partial charge in [-0.25, -0.2) is 4.98 Å². The maximum atomic E-state index is 5.54. The summed E-state index contributed by atoms with van der Waals surface area (Å²) in [4.78, 5) is 13.1. The molecule has 1 aliphatic heterocycles. The fraction of sp³-hybridized carbons (Fsp3) is 0.381. The molecular weight excluding hydrogens is 340 g/mol. The highest BCUT2D eigenvalue weighted by molar-refractivity contribution is 5.86. The highest BCUT2D eigenvalue weighted by atomic mass is 16.5. The van der Waals surface area contributed by atoms with E-state index in [1.54, 1.807) is 14.2 Å². The van der Waals surface area contributed by atoms with E-state index in [1.807, 2.05) is 18.2 Å². The topological polar surface area (TPSA) is 53.6 Å². The number of aromatic amines is 1. The lowest BCUT2D eigenvalue weighted by Crippen LogP contribution is -2.44. The van der Waals surface area contributed by atoms with Crippen LogP contribution in [-0.2, 0) is 0 Å². The molecule has 6 heteroatoms. The van der Waals surface area contributed by atoms with Crippen molar-refractivity contribution in [1.82, 2.24) is 14.9 Å². The zero-order chi connectivity index (χ0) is 19.0. The number of hydrogen-bond acceptors (Lipinski definition) is 5. The van der Waals surface area contributed by atoms with Crippen LogP contribution in [0.2, 0.25) is 0 Å². The second-order valence-corrected chi connectivity index (χ2v) is 7.10. The van der Waals surface area contributed by atoms with Gasteiger partial charge < -0.3 is 24.3 Å². The number of ether oxygens (including phenoxy) is 2. The molecule has 1 N–H and O–H groups in total. The van der Waals surface area contributed by atoms with Crippen LogP contribution in [-0.4, -0.2) is 62.3 Å². The largest absolute Gasteiger partial charge is 0.497 e. The summed E-state index contributed by atoms with van der Waals surface area (Å²) in [5, 5.41) is 0. The number of piperazine rings is 1. The lowest BCUT2D eigenvalue weighted by molar-refractivity contribution is 0.313. The molecule has 0 radical (unpaired) electrons. The van der Waals surface area contributed by atoms with Gasteiger partial charge in [-0.3, -0.25) is 0 Å². The van der Waals surface area contributed by atoms with Crippen molar-refractivity contribution in [2.24, 2.45) is 0 Å². The smallest absolute Gasteiger partial charge is 0.142 e. The minimum atomic E-state index is 0.741. The van der Waals surface area contributed by atoms with Gasteiger partial charge in [-0.1, -0.05) is 0 Å². The van der Waals surface area contributed by atoms with E-state index in [2.05, 4.69) is 40.9 Å². The number of aryl methyl sites for hydroxylation is 1. The molecule has 0 amide bonds. The molecule has 0 atom stereocenters. The van der Waals surface area contributed by atoms with E-state index in [1.165, 1.54) is 11.3 Å². The molecule has 27 heavy (non-hydrogen) atoms. The fourth-order valence-electron chi connectivity index (χ4n) is 3.64. The highest BCUT2D eigenvalue weighted by Crippen LogP contribution is 2.34. The number of rotatable bonds is 4. The Morgan fingerprint density at radius 3 is 2.48 bits per heavy atom. The Kier molecular flexibility index (Phi) is 4.66. The van der Waals surface area contributed by atoms with E-state index in [-0.39, 0.29) is 0 Å². The van der Waals surface area contributed by atoms with Crippen LogP contribution >= 0.6 is 0 Å². The first kappa shape index (κ1) is 17.7. The summed E-state index contributed by atoms with van der Waals surface area (Å²) in [6.07, 6.45) is 0. The normalized spacial score (nSPS) is 15.3. The van der Waals surface area contributed by atoms with E-state index in [0.29, 0.717) is 0 Å². The number of hydrogen-bond donors (Lipinski definition) is 1. The average molecular weight is 366 g/mol. The number of methoxy groups -OCH3 is 2. The zero-order valence-electron chi connectivity index (χ0n) is 16.4. The number of fused-ring (bicyclic) bond motifs is 1. The third-order valence-electron chi connectivity index (χ3n) is 5.29. The Morgan fingerprint density at radius 2 is 1.78 bits per heavy atom. The Morgan fingerprint density at radius 1 is 1.00 bits per heavy atom. The lowest BCUT2D eigenvalue weighted by atomic mass is 10.1. The molecule has 3 aromatic rings. The molecule has 1 saturated heterocycles. The monoisotopic (exact) mass is 366 g/mol. The Hall–Kier alpha value is -2.73. The number of likely N-dealkylation sites (N-methyl/N-ethyl adjacent to an activating group) is 1. The van der Waals surface area contributed by atoms with Crippen molar-refractivity contribution in [3.8, 4) is 22.9 Å². The van der Waals surface area contributed by atoms with E-state index in [9.17, 15) is 0 Å².